The first-order valence-corrected chi connectivity index (χ1v) is 8.89. The molecule has 5 heteroatoms. The van der Waals surface area contributed by atoms with Crippen LogP contribution in [0.3, 0.4) is 0 Å². The first kappa shape index (κ1) is 18.1. The fourth-order valence-corrected chi connectivity index (χ4v) is 3.48. The molecule has 1 saturated heterocycles. The van der Waals surface area contributed by atoms with E-state index in [4.69, 9.17) is 9.47 Å². The summed E-state index contributed by atoms with van der Waals surface area (Å²) < 4.78 is 10.9. The Kier molecular flexibility index (Phi) is 5.98. The molecule has 2 aromatic rings. The van der Waals surface area contributed by atoms with E-state index >= 15 is 0 Å². The van der Waals surface area contributed by atoms with Crippen LogP contribution < -0.4 is 14.4 Å². The van der Waals surface area contributed by atoms with Crippen LogP contribution in [0.4, 0.5) is 5.69 Å². The molecule has 1 atom stereocenters. The summed E-state index contributed by atoms with van der Waals surface area (Å²) in [6, 6.07) is 18.4. The Labute approximate surface area is 155 Å². The number of ether oxygens (including phenoxy) is 2. The molecule has 1 heterocycles. The summed E-state index contributed by atoms with van der Waals surface area (Å²) in [5, 5.41) is 9.67. The molecule has 0 spiro atoms. The van der Waals surface area contributed by atoms with Gasteiger partial charge in [-0.25, -0.2) is 0 Å². The molecule has 0 N–H and O–H groups in total. The van der Waals surface area contributed by atoms with E-state index in [2.05, 4.69) is 21.9 Å². The largest absolute Gasteiger partial charge is 0.496 e. The van der Waals surface area contributed by atoms with E-state index in [1.807, 2.05) is 42.5 Å². The van der Waals surface area contributed by atoms with Gasteiger partial charge in [0.25, 0.3) is 0 Å². The van der Waals surface area contributed by atoms with Crippen molar-refractivity contribution in [2.75, 3.05) is 51.8 Å². The Hall–Kier alpha value is -2.71. The summed E-state index contributed by atoms with van der Waals surface area (Å²) in [7, 11) is 3.36. The Morgan fingerprint density at radius 2 is 1.54 bits per heavy atom. The molecular formula is C21H25N3O2. The number of para-hydroxylation sites is 3. The molecule has 0 saturated carbocycles. The van der Waals surface area contributed by atoms with Gasteiger partial charge in [-0.05, 0) is 18.2 Å². The van der Waals surface area contributed by atoms with Crippen LogP contribution in [0.1, 0.15) is 11.5 Å². The van der Waals surface area contributed by atoms with Gasteiger partial charge in [0.15, 0.2) is 0 Å². The van der Waals surface area contributed by atoms with Gasteiger partial charge in [-0.15, -0.1) is 0 Å². The Bertz CT molecular complexity index is 764. The van der Waals surface area contributed by atoms with Crippen LogP contribution in [0.25, 0.3) is 0 Å². The Balaban J connectivity index is 1.64. The minimum atomic E-state index is -0.191. The van der Waals surface area contributed by atoms with Gasteiger partial charge in [0, 0.05) is 38.3 Å². The molecule has 0 amide bonds. The fourth-order valence-electron chi connectivity index (χ4n) is 3.48. The smallest absolute Gasteiger partial charge is 0.142 e. The van der Waals surface area contributed by atoms with E-state index in [-0.39, 0.29) is 5.92 Å². The minimum absolute atomic E-state index is 0.191. The molecule has 1 unspecified atom stereocenters. The highest BCUT2D eigenvalue weighted by atomic mass is 16.5. The maximum Gasteiger partial charge on any atom is 0.142 e. The maximum absolute atomic E-state index is 9.67. The molecule has 1 aliphatic heterocycles. The van der Waals surface area contributed by atoms with Crippen LogP contribution in [0.15, 0.2) is 48.5 Å². The van der Waals surface area contributed by atoms with E-state index in [1.54, 1.807) is 14.2 Å². The predicted molar refractivity (Wildman–Crippen MR) is 103 cm³/mol. The van der Waals surface area contributed by atoms with E-state index in [0.29, 0.717) is 0 Å². The molecule has 1 fully saturated rings. The summed E-state index contributed by atoms with van der Waals surface area (Å²) in [6.07, 6.45) is 0. The monoisotopic (exact) mass is 351 g/mol. The lowest BCUT2D eigenvalue weighted by molar-refractivity contribution is 0.251. The average Bonchev–Trinajstić information content (AvgIpc) is 2.72. The van der Waals surface area contributed by atoms with Gasteiger partial charge in [0.2, 0.25) is 0 Å². The zero-order chi connectivity index (χ0) is 18.4. The standard InChI is InChI=1S/C21H25N3O2/c1-25-20-9-5-3-7-18(20)17(15-22)16-23-11-13-24(14-12-23)19-8-4-6-10-21(19)26-2/h3-10,17H,11-14,16H2,1-2H3. The number of benzene rings is 2. The van der Waals surface area contributed by atoms with Gasteiger partial charge < -0.3 is 14.4 Å². The molecule has 1 aliphatic rings. The van der Waals surface area contributed by atoms with Crippen molar-refractivity contribution in [1.29, 1.82) is 5.26 Å². The summed E-state index contributed by atoms with van der Waals surface area (Å²) in [4.78, 5) is 4.70. The second-order valence-corrected chi connectivity index (χ2v) is 6.38. The quantitative estimate of drug-likeness (QED) is 0.800. The van der Waals surface area contributed by atoms with Gasteiger partial charge in [-0.3, -0.25) is 4.90 Å². The van der Waals surface area contributed by atoms with Gasteiger partial charge in [0.05, 0.1) is 31.9 Å². The second kappa shape index (κ2) is 8.59. The van der Waals surface area contributed by atoms with Crippen LogP contribution in [0, 0.1) is 11.3 Å². The lowest BCUT2D eigenvalue weighted by atomic mass is 9.98. The third kappa shape index (κ3) is 3.92. The maximum atomic E-state index is 9.67. The molecule has 0 bridgehead atoms. The topological polar surface area (TPSA) is 48.7 Å². The second-order valence-electron chi connectivity index (χ2n) is 6.38. The third-order valence-corrected chi connectivity index (χ3v) is 4.91. The van der Waals surface area contributed by atoms with Crippen molar-refractivity contribution in [2.24, 2.45) is 0 Å². The van der Waals surface area contributed by atoms with Gasteiger partial charge >= 0.3 is 0 Å². The minimum Gasteiger partial charge on any atom is -0.496 e. The average molecular weight is 351 g/mol. The molecule has 5 nitrogen and oxygen atoms in total. The van der Waals surface area contributed by atoms with E-state index in [1.165, 1.54) is 0 Å². The van der Waals surface area contributed by atoms with Crippen LogP contribution in [-0.4, -0.2) is 51.8 Å². The van der Waals surface area contributed by atoms with Crippen LogP contribution in [-0.2, 0) is 0 Å². The molecule has 0 radical (unpaired) electrons. The lowest BCUT2D eigenvalue weighted by Crippen LogP contribution is -2.47. The normalized spacial score (nSPS) is 16.0. The lowest BCUT2D eigenvalue weighted by Gasteiger charge is -2.37. The number of hydrogen-bond acceptors (Lipinski definition) is 5. The Morgan fingerprint density at radius 1 is 0.923 bits per heavy atom. The van der Waals surface area contributed by atoms with Crippen molar-refractivity contribution in [2.45, 2.75) is 5.92 Å². The van der Waals surface area contributed by atoms with Crippen molar-refractivity contribution in [1.82, 2.24) is 4.90 Å². The van der Waals surface area contributed by atoms with Crippen molar-refractivity contribution >= 4 is 5.69 Å². The molecule has 0 aromatic heterocycles. The molecule has 26 heavy (non-hydrogen) atoms. The zero-order valence-electron chi connectivity index (χ0n) is 15.4. The highest BCUT2D eigenvalue weighted by Crippen LogP contribution is 2.30. The molecular weight excluding hydrogens is 326 g/mol. The first-order chi connectivity index (χ1) is 12.8. The van der Waals surface area contributed by atoms with Crippen molar-refractivity contribution in [3.8, 4) is 17.6 Å². The first-order valence-electron chi connectivity index (χ1n) is 8.89. The number of hydrogen-bond donors (Lipinski definition) is 0. The van der Waals surface area contributed by atoms with E-state index < -0.39 is 0 Å². The third-order valence-electron chi connectivity index (χ3n) is 4.91. The van der Waals surface area contributed by atoms with Gasteiger partial charge in [-0.1, -0.05) is 30.3 Å². The summed E-state index contributed by atoms with van der Waals surface area (Å²) >= 11 is 0. The summed E-state index contributed by atoms with van der Waals surface area (Å²) in [5.41, 5.74) is 2.10. The van der Waals surface area contributed by atoms with Crippen molar-refractivity contribution < 1.29 is 9.47 Å². The molecule has 0 aliphatic carbocycles. The number of nitriles is 1. The molecule has 3 rings (SSSR count). The van der Waals surface area contributed by atoms with Crippen LogP contribution in [0.2, 0.25) is 0 Å². The molecule has 2 aromatic carbocycles. The number of rotatable bonds is 6. The van der Waals surface area contributed by atoms with Crippen LogP contribution in [0.5, 0.6) is 11.5 Å². The highest BCUT2D eigenvalue weighted by Gasteiger charge is 2.24. The van der Waals surface area contributed by atoms with E-state index in [9.17, 15) is 5.26 Å². The van der Waals surface area contributed by atoms with Crippen LogP contribution >= 0.6 is 0 Å². The number of nitrogens with zero attached hydrogens (tertiary/aromatic N) is 3. The van der Waals surface area contributed by atoms with Crippen molar-refractivity contribution in [3.63, 3.8) is 0 Å². The van der Waals surface area contributed by atoms with E-state index in [0.717, 1.165) is 55.5 Å². The van der Waals surface area contributed by atoms with Crippen molar-refractivity contribution in [3.05, 3.63) is 54.1 Å². The van der Waals surface area contributed by atoms with Gasteiger partial charge in [-0.2, -0.15) is 5.26 Å². The SMILES string of the molecule is COc1ccccc1C(C#N)CN1CCN(c2ccccc2OC)CC1. The molecule has 136 valence electrons. The number of piperazine rings is 1. The number of anilines is 1. The predicted octanol–water partition coefficient (Wildman–Crippen LogP) is 3.13. The summed E-state index contributed by atoms with van der Waals surface area (Å²) in [6.45, 7) is 4.41. The van der Waals surface area contributed by atoms with Gasteiger partial charge in [0.1, 0.15) is 11.5 Å². The zero-order valence-corrected chi connectivity index (χ0v) is 15.4. The number of methoxy groups -OCH3 is 2. The fraction of sp³-hybridized carbons (Fsp3) is 0.381. The Morgan fingerprint density at radius 3 is 2.19 bits per heavy atom. The highest BCUT2D eigenvalue weighted by molar-refractivity contribution is 5.58. The summed E-state index contributed by atoms with van der Waals surface area (Å²) in [5.74, 6) is 1.50.